The number of benzene rings is 2. The molecule has 31 heavy (non-hydrogen) atoms. The summed E-state index contributed by atoms with van der Waals surface area (Å²) in [6.45, 7) is 2.18. The number of rotatable bonds is 0. The fraction of sp³-hybridized carbons (Fsp3) is 0.393. The Balaban J connectivity index is 0.000000157. The minimum absolute atomic E-state index is 0.100. The third-order valence-corrected chi connectivity index (χ3v) is 7.91. The second kappa shape index (κ2) is 7.71. The van der Waals surface area contributed by atoms with Crippen LogP contribution in [0.15, 0.2) is 60.2 Å². The number of Topliss-reactive ketones (excluding diaryl/α,β-unsaturated/α-hetero) is 1. The highest BCUT2D eigenvalue weighted by molar-refractivity contribution is 5.88. The fourth-order valence-corrected chi connectivity index (χ4v) is 6.15. The quantitative estimate of drug-likeness (QED) is 0.537. The highest BCUT2D eigenvalue weighted by atomic mass is 16.3. The molecule has 0 aliphatic heterocycles. The first-order valence-corrected chi connectivity index (χ1v) is 11.5. The summed E-state index contributed by atoms with van der Waals surface area (Å²) in [7, 11) is 0. The van der Waals surface area contributed by atoms with Gasteiger partial charge < -0.3 is 10.2 Å². The molecule has 2 fully saturated rings. The van der Waals surface area contributed by atoms with Crippen molar-refractivity contribution in [3.63, 3.8) is 0 Å². The molecule has 0 saturated heterocycles. The van der Waals surface area contributed by atoms with Crippen LogP contribution < -0.4 is 0 Å². The Kier molecular flexibility index (Phi) is 5.00. The van der Waals surface area contributed by atoms with Gasteiger partial charge in [-0.2, -0.15) is 0 Å². The Labute approximate surface area is 184 Å². The summed E-state index contributed by atoms with van der Waals surface area (Å²) in [6, 6.07) is 11.4. The van der Waals surface area contributed by atoms with Crippen LogP contribution in [0.25, 0.3) is 0 Å². The van der Waals surface area contributed by atoms with E-state index in [0.29, 0.717) is 29.1 Å². The van der Waals surface area contributed by atoms with E-state index in [4.69, 9.17) is 5.11 Å². The first-order valence-electron chi connectivity index (χ1n) is 11.5. The lowest BCUT2D eigenvalue weighted by atomic mass is 9.60. The summed E-state index contributed by atoms with van der Waals surface area (Å²) < 4.78 is 0. The van der Waals surface area contributed by atoms with Gasteiger partial charge in [0.15, 0.2) is 0 Å². The van der Waals surface area contributed by atoms with Gasteiger partial charge in [-0.25, -0.2) is 0 Å². The summed E-state index contributed by atoms with van der Waals surface area (Å²) in [6.07, 6.45) is 13.4. The predicted octanol–water partition coefficient (Wildman–Crippen LogP) is 5.78. The number of carbonyl (C=O) groups is 1. The molecule has 0 aromatic heterocycles. The van der Waals surface area contributed by atoms with Gasteiger partial charge in [-0.15, -0.1) is 0 Å². The Morgan fingerprint density at radius 1 is 0.871 bits per heavy atom. The van der Waals surface area contributed by atoms with Gasteiger partial charge in [0.2, 0.25) is 0 Å². The van der Waals surface area contributed by atoms with Crippen molar-refractivity contribution in [2.45, 2.75) is 57.8 Å². The van der Waals surface area contributed by atoms with Crippen molar-refractivity contribution in [3.05, 3.63) is 82.5 Å². The summed E-state index contributed by atoms with van der Waals surface area (Å²) >= 11 is 0. The van der Waals surface area contributed by atoms with Crippen LogP contribution in [0.2, 0.25) is 0 Å². The highest BCUT2D eigenvalue weighted by Gasteiger charge is 2.52. The third-order valence-electron chi connectivity index (χ3n) is 7.91. The molecule has 3 nitrogen and oxygen atoms in total. The maximum atomic E-state index is 12.2. The summed E-state index contributed by atoms with van der Waals surface area (Å²) in [5.41, 5.74) is 6.63. The molecule has 2 N–H and O–H groups in total. The minimum atomic E-state index is -0.100. The molecule has 3 atom stereocenters. The maximum absolute atomic E-state index is 12.2. The number of aromatic hydroxyl groups is 2. The van der Waals surface area contributed by atoms with Crippen LogP contribution in [0, 0.1) is 11.3 Å². The van der Waals surface area contributed by atoms with Gasteiger partial charge in [0, 0.05) is 17.8 Å². The molecular weight excluding hydrogens is 384 g/mol. The molecule has 4 aliphatic carbocycles. The lowest BCUT2D eigenvalue weighted by Crippen LogP contribution is -2.37. The van der Waals surface area contributed by atoms with E-state index < -0.39 is 0 Å². The molecule has 0 amide bonds. The fourth-order valence-electron chi connectivity index (χ4n) is 6.15. The van der Waals surface area contributed by atoms with Gasteiger partial charge in [-0.3, -0.25) is 4.79 Å². The zero-order valence-electron chi connectivity index (χ0n) is 18.1. The standard InChI is InChI=1S/C18H20O2.C10H10O/c1-18-9-8-14-13-5-3-12(19)10-11(13)2-4-15(14)16(18)6-7-17(18)20;11-10-6-5-8-3-1-2-4-9(8)7-10/h3-5,10,14,16,19H,2,6-9H2,1H3;1-2,5-7,11H,3-4H2/t14?,16?,18-;/m0./s1. The second-order valence-electron chi connectivity index (χ2n) is 9.65. The minimum Gasteiger partial charge on any atom is -0.508 e. The largest absolute Gasteiger partial charge is 0.508 e. The average Bonchev–Trinajstić information content (AvgIpc) is 3.08. The Morgan fingerprint density at radius 2 is 1.58 bits per heavy atom. The number of fused-ring (bicyclic) bond motifs is 6. The topological polar surface area (TPSA) is 57.5 Å². The first kappa shape index (κ1) is 20.1. The van der Waals surface area contributed by atoms with Gasteiger partial charge in [0.1, 0.15) is 17.3 Å². The van der Waals surface area contributed by atoms with Gasteiger partial charge >= 0.3 is 0 Å². The number of allylic oxidation sites excluding steroid dienone is 4. The van der Waals surface area contributed by atoms with Crippen LogP contribution in [-0.4, -0.2) is 16.0 Å². The van der Waals surface area contributed by atoms with E-state index in [9.17, 15) is 9.90 Å². The van der Waals surface area contributed by atoms with Crippen LogP contribution in [0.5, 0.6) is 11.5 Å². The van der Waals surface area contributed by atoms with Crippen LogP contribution in [0.3, 0.4) is 0 Å². The first-order chi connectivity index (χ1) is 15.0. The van der Waals surface area contributed by atoms with E-state index in [1.165, 1.54) is 27.8 Å². The van der Waals surface area contributed by atoms with E-state index in [-0.39, 0.29) is 5.41 Å². The molecule has 3 heteroatoms. The smallest absolute Gasteiger partial charge is 0.139 e. The van der Waals surface area contributed by atoms with E-state index in [0.717, 1.165) is 44.9 Å². The van der Waals surface area contributed by atoms with Crippen molar-refractivity contribution in [3.8, 4) is 11.5 Å². The van der Waals surface area contributed by atoms with Gasteiger partial charge in [-0.1, -0.05) is 42.9 Å². The molecule has 6 rings (SSSR count). The van der Waals surface area contributed by atoms with Crippen molar-refractivity contribution in [1.82, 2.24) is 0 Å². The molecule has 2 unspecified atom stereocenters. The summed E-state index contributed by atoms with van der Waals surface area (Å²) in [4.78, 5) is 12.2. The zero-order chi connectivity index (χ0) is 21.6. The van der Waals surface area contributed by atoms with E-state index >= 15 is 0 Å². The average molecular weight is 415 g/mol. The predicted molar refractivity (Wildman–Crippen MR) is 122 cm³/mol. The monoisotopic (exact) mass is 414 g/mol. The number of phenolic OH excluding ortho intramolecular Hbond substituents is 2. The molecule has 0 radical (unpaired) electrons. The number of ketones is 1. The Hall–Kier alpha value is -2.81. The van der Waals surface area contributed by atoms with Gasteiger partial charge in [-0.05, 0) is 91.0 Å². The molecule has 0 spiro atoms. The Bertz CT molecular complexity index is 1090. The van der Waals surface area contributed by atoms with Crippen molar-refractivity contribution in [2.24, 2.45) is 11.3 Å². The van der Waals surface area contributed by atoms with E-state index in [2.05, 4.69) is 31.2 Å². The van der Waals surface area contributed by atoms with Crippen molar-refractivity contribution < 1.29 is 15.0 Å². The molecule has 160 valence electrons. The molecule has 0 bridgehead atoms. The zero-order valence-corrected chi connectivity index (χ0v) is 18.1. The highest BCUT2D eigenvalue weighted by Crippen LogP contribution is 2.57. The number of hydrogen-bond donors (Lipinski definition) is 2. The number of hydrogen-bond acceptors (Lipinski definition) is 3. The van der Waals surface area contributed by atoms with Crippen LogP contribution >= 0.6 is 0 Å². The molecular formula is C28H30O3. The second-order valence-corrected chi connectivity index (χ2v) is 9.65. The molecule has 4 aliphatic rings. The molecule has 2 saturated carbocycles. The van der Waals surface area contributed by atoms with Gasteiger partial charge in [0.05, 0.1) is 0 Å². The van der Waals surface area contributed by atoms with Crippen LogP contribution in [0.4, 0.5) is 0 Å². The van der Waals surface area contributed by atoms with Gasteiger partial charge in [0.25, 0.3) is 0 Å². The molecule has 2 aromatic rings. The number of phenols is 2. The molecule has 2 aromatic carbocycles. The van der Waals surface area contributed by atoms with Crippen molar-refractivity contribution in [2.75, 3.05) is 0 Å². The maximum Gasteiger partial charge on any atom is 0.139 e. The normalized spacial score (nSPS) is 27.8. The summed E-state index contributed by atoms with van der Waals surface area (Å²) in [5, 5.41) is 18.8. The van der Waals surface area contributed by atoms with Crippen molar-refractivity contribution in [1.29, 1.82) is 0 Å². The van der Waals surface area contributed by atoms with E-state index in [1.807, 2.05) is 18.2 Å². The SMILES string of the molecule is C[C@]12CCC3C(=CCc4cc(O)ccc43)C1CCC2=O.Oc1ccc2c(c1)CC=CC2. The lowest BCUT2D eigenvalue weighted by Gasteiger charge is -2.43. The van der Waals surface area contributed by atoms with Crippen molar-refractivity contribution >= 4 is 5.78 Å². The third kappa shape index (κ3) is 3.50. The lowest BCUT2D eigenvalue weighted by molar-refractivity contribution is -0.126. The van der Waals surface area contributed by atoms with Crippen LogP contribution in [-0.2, 0) is 24.1 Å². The summed E-state index contributed by atoms with van der Waals surface area (Å²) in [5.74, 6) is 2.13. The Morgan fingerprint density at radius 3 is 2.39 bits per heavy atom. The number of carbonyl (C=O) groups excluding carboxylic acids is 1. The molecule has 0 heterocycles. The van der Waals surface area contributed by atoms with E-state index in [1.54, 1.807) is 12.1 Å². The van der Waals surface area contributed by atoms with Crippen LogP contribution in [0.1, 0.15) is 60.8 Å².